The minimum absolute atomic E-state index is 0.743. The van der Waals surface area contributed by atoms with E-state index in [-0.39, 0.29) is 0 Å². The average Bonchev–Trinajstić information content (AvgIpc) is 2.60. The molecular formula is C12H9NO. The molecule has 2 aromatic carbocycles. The zero-order valence-corrected chi connectivity index (χ0v) is 7.57. The van der Waals surface area contributed by atoms with Crippen LogP contribution in [0, 0.1) is 0 Å². The molecule has 0 unspecified atom stereocenters. The minimum Gasteiger partial charge on any atom is -0.411 e. The zero-order valence-electron chi connectivity index (χ0n) is 7.57. The first kappa shape index (κ1) is 7.56. The van der Waals surface area contributed by atoms with Gasteiger partial charge in [0.1, 0.15) is 0 Å². The van der Waals surface area contributed by atoms with Gasteiger partial charge in [0.05, 0.1) is 5.71 Å². The molecule has 14 heavy (non-hydrogen) atoms. The second kappa shape index (κ2) is 2.58. The van der Waals surface area contributed by atoms with Gasteiger partial charge in [-0.05, 0) is 16.3 Å². The molecule has 0 heterocycles. The lowest BCUT2D eigenvalue weighted by Gasteiger charge is -1.99. The fourth-order valence-corrected chi connectivity index (χ4v) is 2.17. The third-order valence-corrected chi connectivity index (χ3v) is 2.78. The van der Waals surface area contributed by atoms with Gasteiger partial charge in [-0.2, -0.15) is 0 Å². The maximum Gasteiger partial charge on any atom is 0.0918 e. The number of benzene rings is 2. The van der Waals surface area contributed by atoms with E-state index in [0.29, 0.717) is 0 Å². The van der Waals surface area contributed by atoms with Crippen LogP contribution < -0.4 is 0 Å². The van der Waals surface area contributed by atoms with E-state index >= 15 is 0 Å². The van der Waals surface area contributed by atoms with Crippen LogP contribution in [0.25, 0.3) is 10.8 Å². The van der Waals surface area contributed by atoms with Crippen molar-refractivity contribution in [3.8, 4) is 0 Å². The Hall–Kier alpha value is -1.83. The predicted octanol–water partition coefficient (Wildman–Crippen LogP) is 2.57. The van der Waals surface area contributed by atoms with E-state index in [0.717, 1.165) is 17.7 Å². The summed E-state index contributed by atoms with van der Waals surface area (Å²) in [6.45, 7) is 0. The summed E-state index contributed by atoms with van der Waals surface area (Å²) in [5, 5.41) is 14.7. The normalized spacial score (nSPS) is 16.7. The Balaban J connectivity index is 2.50. The molecule has 0 atom stereocenters. The standard InChI is InChI=1S/C12H9NO/c14-13-11-7-9-5-1-3-8-4-2-6-10(11)12(8)9/h1-6,14H,7H2. The van der Waals surface area contributed by atoms with Crippen LogP contribution in [0.3, 0.4) is 0 Å². The molecule has 0 spiro atoms. The van der Waals surface area contributed by atoms with Crippen LogP contribution in [0.2, 0.25) is 0 Å². The molecule has 0 aromatic heterocycles. The van der Waals surface area contributed by atoms with E-state index in [2.05, 4.69) is 23.4 Å². The highest BCUT2D eigenvalue weighted by molar-refractivity contribution is 6.17. The predicted molar refractivity (Wildman–Crippen MR) is 56.0 cm³/mol. The molecule has 0 amide bonds. The smallest absolute Gasteiger partial charge is 0.0918 e. The van der Waals surface area contributed by atoms with Gasteiger partial charge >= 0.3 is 0 Å². The van der Waals surface area contributed by atoms with Gasteiger partial charge in [-0.25, -0.2) is 0 Å². The van der Waals surface area contributed by atoms with Crippen molar-refractivity contribution in [2.24, 2.45) is 5.16 Å². The van der Waals surface area contributed by atoms with Gasteiger partial charge in [-0.3, -0.25) is 0 Å². The molecule has 68 valence electrons. The highest BCUT2D eigenvalue weighted by Gasteiger charge is 2.19. The first-order valence-corrected chi connectivity index (χ1v) is 4.62. The van der Waals surface area contributed by atoms with E-state index in [1.54, 1.807) is 0 Å². The highest BCUT2D eigenvalue weighted by atomic mass is 16.4. The van der Waals surface area contributed by atoms with E-state index in [4.69, 9.17) is 5.21 Å². The SMILES string of the molecule is ON=C1Cc2cccc3cccc1c23. The number of oxime groups is 1. The first-order chi connectivity index (χ1) is 6.90. The van der Waals surface area contributed by atoms with Crippen molar-refractivity contribution in [1.82, 2.24) is 0 Å². The van der Waals surface area contributed by atoms with E-state index < -0.39 is 0 Å². The lowest BCUT2D eigenvalue weighted by atomic mass is 10.1. The van der Waals surface area contributed by atoms with Crippen LogP contribution in [0.15, 0.2) is 41.6 Å². The number of hydrogen-bond acceptors (Lipinski definition) is 2. The third-order valence-electron chi connectivity index (χ3n) is 2.78. The lowest BCUT2D eigenvalue weighted by Crippen LogP contribution is -1.96. The number of nitrogens with zero attached hydrogens (tertiary/aromatic N) is 1. The molecule has 1 aliphatic rings. The van der Waals surface area contributed by atoms with Gasteiger partial charge in [-0.1, -0.05) is 41.6 Å². The van der Waals surface area contributed by atoms with Crippen LogP contribution in [0.4, 0.5) is 0 Å². The largest absolute Gasteiger partial charge is 0.411 e. The summed E-state index contributed by atoms with van der Waals surface area (Å²) in [7, 11) is 0. The number of hydrogen-bond donors (Lipinski definition) is 1. The Labute approximate surface area is 81.5 Å². The minimum atomic E-state index is 0.743. The van der Waals surface area contributed by atoms with E-state index in [9.17, 15) is 0 Å². The maximum absolute atomic E-state index is 8.88. The molecule has 1 aliphatic carbocycles. The Morgan fingerprint density at radius 1 is 1.07 bits per heavy atom. The second-order valence-electron chi connectivity index (χ2n) is 3.54. The molecule has 2 nitrogen and oxygen atoms in total. The highest BCUT2D eigenvalue weighted by Crippen LogP contribution is 2.30. The molecule has 0 aliphatic heterocycles. The van der Waals surface area contributed by atoms with Crippen LogP contribution in [-0.2, 0) is 6.42 Å². The van der Waals surface area contributed by atoms with Crippen LogP contribution in [-0.4, -0.2) is 10.9 Å². The van der Waals surface area contributed by atoms with Crippen molar-refractivity contribution in [2.45, 2.75) is 6.42 Å². The fraction of sp³-hybridized carbons (Fsp3) is 0.0833. The summed E-state index contributed by atoms with van der Waals surface area (Å²) >= 11 is 0. The Morgan fingerprint density at radius 3 is 2.64 bits per heavy atom. The molecule has 0 saturated carbocycles. The lowest BCUT2D eigenvalue weighted by molar-refractivity contribution is 0.318. The zero-order chi connectivity index (χ0) is 9.54. The second-order valence-corrected chi connectivity index (χ2v) is 3.54. The first-order valence-electron chi connectivity index (χ1n) is 4.62. The summed E-state index contributed by atoms with van der Waals surface area (Å²) in [5.74, 6) is 0. The summed E-state index contributed by atoms with van der Waals surface area (Å²) in [5.41, 5.74) is 3.10. The van der Waals surface area contributed by atoms with Crippen molar-refractivity contribution in [3.63, 3.8) is 0 Å². The molecular weight excluding hydrogens is 174 g/mol. The van der Waals surface area contributed by atoms with Gasteiger partial charge in [-0.15, -0.1) is 0 Å². The molecule has 0 saturated heterocycles. The Bertz CT molecular complexity index is 538. The van der Waals surface area contributed by atoms with Crippen molar-refractivity contribution in [1.29, 1.82) is 0 Å². The van der Waals surface area contributed by atoms with Gasteiger partial charge in [0, 0.05) is 12.0 Å². The van der Waals surface area contributed by atoms with Crippen molar-refractivity contribution in [2.75, 3.05) is 0 Å². The van der Waals surface area contributed by atoms with Gasteiger partial charge in [0.25, 0.3) is 0 Å². The van der Waals surface area contributed by atoms with Gasteiger partial charge in [0.2, 0.25) is 0 Å². The quantitative estimate of drug-likeness (QED) is 0.494. The number of rotatable bonds is 0. The maximum atomic E-state index is 8.88. The molecule has 0 fully saturated rings. The summed E-state index contributed by atoms with van der Waals surface area (Å²) in [4.78, 5) is 0. The van der Waals surface area contributed by atoms with Crippen LogP contribution in [0.5, 0.6) is 0 Å². The molecule has 0 bridgehead atoms. The van der Waals surface area contributed by atoms with Crippen molar-refractivity contribution >= 4 is 16.5 Å². The monoisotopic (exact) mass is 183 g/mol. The summed E-state index contributed by atoms with van der Waals surface area (Å²) in [6.07, 6.45) is 0.743. The summed E-state index contributed by atoms with van der Waals surface area (Å²) < 4.78 is 0. The molecule has 1 N–H and O–H groups in total. The molecule has 2 aromatic rings. The Morgan fingerprint density at radius 2 is 1.86 bits per heavy atom. The molecule has 0 radical (unpaired) electrons. The van der Waals surface area contributed by atoms with Gasteiger partial charge < -0.3 is 5.21 Å². The fourth-order valence-electron chi connectivity index (χ4n) is 2.17. The van der Waals surface area contributed by atoms with Crippen LogP contribution >= 0.6 is 0 Å². The van der Waals surface area contributed by atoms with Crippen molar-refractivity contribution < 1.29 is 5.21 Å². The summed E-state index contributed by atoms with van der Waals surface area (Å²) in [6, 6.07) is 12.3. The molecule has 3 rings (SSSR count). The Kier molecular flexibility index (Phi) is 1.39. The van der Waals surface area contributed by atoms with Crippen LogP contribution in [0.1, 0.15) is 11.1 Å². The topological polar surface area (TPSA) is 32.6 Å². The van der Waals surface area contributed by atoms with E-state index in [1.807, 2.05) is 18.2 Å². The third kappa shape index (κ3) is 0.826. The van der Waals surface area contributed by atoms with E-state index in [1.165, 1.54) is 16.3 Å². The van der Waals surface area contributed by atoms with Gasteiger partial charge in [0.15, 0.2) is 0 Å². The average molecular weight is 183 g/mol. The van der Waals surface area contributed by atoms with Crippen molar-refractivity contribution in [3.05, 3.63) is 47.5 Å². The molecule has 2 heteroatoms.